The third-order valence-electron chi connectivity index (χ3n) is 2.74. The van der Waals surface area contributed by atoms with Gasteiger partial charge < -0.3 is 10.4 Å². The van der Waals surface area contributed by atoms with Gasteiger partial charge in [0.25, 0.3) is 0 Å². The molecule has 1 amide bonds. The number of carboxylic acids is 1. The average molecular weight is 274 g/mol. The number of halogens is 2. The van der Waals surface area contributed by atoms with Crippen molar-refractivity contribution < 1.29 is 19.1 Å². The maximum absolute atomic E-state index is 13.1. The molecular weight excluding hydrogens is 261 g/mol. The number of anilines is 1. The van der Waals surface area contributed by atoms with E-state index in [9.17, 15) is 14.0 Å². The highest BCUT2D eigenvalue weighted by Gasteiger charge is 2.25. The number of carbonyl (C=O) groups is 2. The Balaban J connectivity index is 2.75. The van der Waals surface area contributed by atoms with E-state index in [1.807, 2.05) is 0 Å². The lowest BCUT2D eigenvalue weighted by Gasteiger charge is -2.15. The first-order valence-electron chi connectivity index (χ1n) is 5.31. The summed E-state index contributed by atoms with van der Waals surface area (Å²) in [5, 5.41) is 11.2. The predicted molar refractivity (Wildman–Crippen MR) is 66.0 cm³/mol. The summed E-state index contributed by atoms with van der Waals surface area (Å²) in [5.74, 6) is -3.72. The zero-order valence-electron chi connectivity index (χ0n) is 9.91. The van der Waals surface area contributed by atoms with E-state index in [0.717, 1.165) is 6.07 Å². The minimum atomic E-state index is -1.06. The van der Waals surface area contributed by atoms with Crippen molar-refractivity contribution in [2.45, 2.75) is 13.8 Å². The first kappa shape index (κ1) is 14.4. The molecule has 0 aliphatic carbocycles. The van der Waals surface area contributed by atoms with Crippen LogP contribution in [0.4, 0.5) is 10.1 Å². The zero-order valence-corrected chi connectivity index (χ0v) is 10.7. The van der Waals surface area contributed by atoms with Gasteiger partial charge in [0.2, 0.25) is 5.91 Å². The molecule has 1 aromatic carbocycles. The normalized spacial score (nSPS) is 13.8. The van der Waals surface area contributed by atoms with Crippen LogP contribution in [0, 0.1) is 17.7 Å². The molecule has 0 spiro atoms. The van der Waals surface area contributed by atoms with Crippen molar-refractivity contribution in [3.8, 4) is 0 Å². The van der Waals surface area contributed by atoms with E-state index in [2.05, 4.69) is 5.32 Å². The van der Waals surface area contributed by atoms with Gasteiger partial charge in [0.05, 0.1) is 10.9 Å². The minimum Gasteiger partial charge on any atom is -0.481 e. The van der Waals surface area contributed by atoms with Crippen LogP contribution in [0.3, 0.4) is 0 Å². The molecule has 18 heavy (non-hydrogen) atoms. The van der Waals surface area contributed by atoms with Crippen molar-refractivity contribution in [3.63, 3.8) is 0 Å². The van der Waals surface area contributed by atoms with Crippen LogP contribution in [0.2, 0.25) is 5.02 Å². The number of carbonyl (C=O) groups excluding carboxylic acids is 1. The van der Waals surface area contributed by atoms with Crippen molar-refractivity contribution in [3.05, 3.63) is 29.0 Å². The van der Waals surface area contributed by atoms with Crippen LogP contribution in [0.1, 0.15) is 13.8 Å². The Bertz CT molecular complexity index is 478. The molecule has 2 N–H and O–H groups in total. The maximum Gasteiger partial charge on any atom is 0.307 e. The van der Waals surface area contributed by atoms with Gasteiger partial charge in [-0.2, -0.15) is 0 Å². The van der Waals surface area contributed by atoms with Crippen LogP contribution in [0.15, 0.2) is 18.2 Å². The molecule has 0 bridgehead atoms. The minimum absolute atomic E-state index is 0.0417. The Kier molecular flexibility index (Phi) is 4.67. The standard InChI is InChI=1S/C12H13ClFNO3/c1-6(7(2)12(17)18)11(16)15-8-3-4-9(13)10(14)5-8/h3-7H,1-2H3,(H,15,16)(H,17,18). The van der Waals surface area contributed by atoms with E-state index < -0.39 is 29.5 Å². The Morgan fingerprint density at radius 1 is 1.33 bits per heavy atom. The number of aliphatic carboxylic acids is 1. The van der Waals surface area contributed by atoms with E-state index in [-0.39, 0.29) is 10.7 Å². The second kappa shape index (κ2) is 5.82. The summed E-state index contributed by atoms with van der Waals surface area (Å²) in [6.45, 7) is 2.94. The van der Waals surface area contributed by atoms with Crippen molar-refractivity contribution in [2.24, 2.45) is 11.8 Å². The third-order valence-corrected chi connectivity index (χ3v) is 3.05. The maximum atomic E-state index is 13.1. The van der Waals surface area contributed by atoms with E-state index in [0.29, 0.717) is 0 Å². The van der Waals surface area contributed by atoms with Gasteiger partial charge >= 0.3 is 5.97 Å². The van der Waals surface area contributed by atoms with Crippen LogP contribution >= 0.6 is 11.6 Å². The van der Waals surface area contributed by atoms with E-state index in [1.165, 1.54) is 26.0 Å². The van der Waals surface area contributed by atoms with E-state index in [1.54, 1.807) is 0 Å². The highest BCUT2D eigenvalue weighted by Crippen LogP contribution is 2.20. The summed E-state index contributed by atoms with van der Waals surface area (Å²) in [4.78, 5) is 22.5. The molecule has 1 aromatic rings. The Morgan fingerprint density at radius 2 is 1.94 bits per heavy atom. The van der Waals surface area contributed by atoms with Crippen LogP contribution in [0.5, 0.6) is 0 Å². The zero-order chi connectivity index (χ0) is 13.9. The quantitative estimate of drug-likeness (QED) is 0.886. The first-order chi connectivity index (χ1) is 8.32. The lowest BCUT2D eigenvalue weighted by molar-refractivity contribution is -0.145. The molecule has 0 radical (unpaired) electrons. The van der Waals surface area contributed by atoms with Gasteiger partial charge in [-0.15, -0.1) is 0 Å². The highest BCUT2D eigenvalue weighted by molar-refractivity contribution is 6.30. The van der Waals surface area contributed by atoms with Crippen LogP contribution in [0.25, 0.3) is 0 Å². The number of rotatable bonds is 4. The second-order valence-electron chi connectivity index (χ2n) is 4.03. The SMILES string of the molecule is CC(C(=O)O)C(C)C(=O)Nc1ccc(Cl)c(F)c1. The van der Waals surface area contributed by atoms with E-state index >= 15 is 0 Å². The Morgan fingerprint density at radius 3 is 2.44 bits per heavy atom. The number of benzene rings is 1. The summed E-state index contributed by atoms with van der Waals surface area (Å²) in [7, 11) is 0. The lowest BCUT2D eigenvalue weighted by atomic mass is 9.95. The number of hydrogen-bond donors (Lipinski definition) is 2. The van der Waals surface area contributed by atoms with Gasteiger partial charge in [-0.05, 0) is 18.2 Å². The molecule has 4 nitrogen and oxygen atoms in total. The monoisotopic (exact) mass is 273 g/mol. The molecule has 6 heteroatoms. The molecular formula is C12H13ClFNO3. The summed E-state index contributed by atoms with van der Waals surface area (Å²) < 4.78 is 13.1. The van der Waals surface area contributed by atoms with Crippen molar-refractivity contribution >= 4 is 29.2 Å². The molecule has 0 aliphatic heterocycles. The average Bonchev–Trinajstić information content (AvgIpc) is 2.31. The Hall–Kier alpha value is -1.62. The van der Waals surface area contributed by atoms with Crippen LogP contribution in [-0.2, 0) is 9.59 Å². The molecule has 2 unspecified atom stereocenters. The molecule has 0 saturated heterocycles. The summed E-state index contributed by atoms with van der Waals surface area (Å²) in [5.41, 5.74) is 0.242. The summed E-state index contributed by atoms with van der Waals surface area (Å²) in [6.07, 6.45) is 0. The van der Waals surface area contributed by atoms with Crippen LogP contribution < -0.4 is 5.32 Å². The van der Waals surface area contributed by atoms with Gasteiger partial charge in [-0.25, -0.2) is 4.39 Å². The molecule has 1 rings (SSSR count). The van der Waals surface area contributed by atoms with Crippen molar-refractivity contribution in [2.75, 3.05) is 5.32 Å². The smallest absolute Gasteiger partial charge is 0.307 e. The largest absolute Gasteiger partial charge is 0.481 e. The fourth-order valence-electron chi connectivity index (χ4n) is 1.27. The fourth-order valence-corrected chi connectivity index (χ4v) is 1.39. The molecule has 0 aliphatic rings. The topological polar surface area (TPSA) is 66.4 Å². The Labute approximate surface area is 109 Å². The van der Waals surface area contributed by atoms with Crippen molar-refractivity contribution in [1.29, 1.82) is 0 Å². The highest BCUT2D eigenvalue weighted by atomic mass is 35.5. The predicted octanol–water partition coefficient (Wildman–Crippen LogP) is 2.77. The molecule has 0 saturated carbocycles. The molecule has 0 aromatic heterocycles. The molecule has 0 fully saturated rings. The molecule has 98 valence electrons. The second-order valence-corrected chi connectivity index (χ2v) is 4.44. The van der Waals surface area contributed by atoms with Crippen molar-refractivity contribution in [1.82, 2.24) is 0 Å². The van der Waals surface area contributed by atoms with Gasteiger partial charge in [0.15, 0.2) is 0 Å². The number of carboxylic acid groups (broad SMARTS) is 1. The lowest BCUT2D eigenvalue weighted by Crippen LogP contribution is -2.29. The summed E-state index contributed by atoms with van der Waals surface area (Å²) in [6, 6.07) is 3.84. The first-order valence-corrected chi connectivity index (χ1v) is 5.69. The van der Waals surface area contributed by atoms with Gasteiger partial charge in [0.1, 0.15) is 5.82 Å². The van der Waals surface area contributed by atoms with Crippen LogP contribution in [-0.4, -0.2) is 17.0 Å². The molecule has 2 atom stereocenters. The number of nitrogens with one attached hydrogen (secondary N) is 1. The summed E-state index contributed by atoms with van der Waals surface area (Å²) >= 11 is 5.51. The number of hydrogen-bond acceptors (Lipinski definition) is 2. The molecule has 0 heterocycles. The van der Waals surface area contributed by atoms with Gasteiger partial charge in [-0.3, -0.25) is 9.59 Å². The fraction of sp³-hybridized carbons (Fsp3) is 0.333. The van der Waals surface area contributed by atoms with Gasteiger partial charge in [-0.1, -0.05) is 25.4 Å². The third kappa shape index (κ3) is 3.43. The number of amides is 1. The van der Waals surface area contributed by atoms with Gasteiger partial charge in [0, 0.05) is 11.6 Å². The van der Waals surface area contributed by atoms with E-state index in [4.69, 9.17) is 16.7 Å².